The molecule has 1 fully saturated rings. The van der Waals surface area contributed by atoms with E-state index < -0.39 is 20.0 Å². The van der Waals surface area contributed by atoms with Gasteiger partial charge in [-0.15, -0.1) is 0 Å². The van der Waals surface area contributed by atoms with Crippen LogP contribution in [-0.2, 0) is 25.8 Å². The molecule has 3 aromatic carbocycles. The van der Waals surface area contributed by atoms with E-state index in [1.54, 1.807) is 36.4 Å². The highest BCUT2D eigenvalue weighted by Gasteiger charge is 2.24. The normalized spacial score (nSPS) is 14.8. The molecule has 1 aliphatic heterocycles. The summed E-state index contributed by atoms with van der Waals surface area (Å²) in [5.41, 5.74) is 2.91. The minimum Gasteiger partial charge on any atom is -0.322 e. The van der Waals surface area contributed by atoms with Crippen LogP contribution in [0.1, 0.15) is 40.7 Å². The van der Waals surface area contributed by atoms with E-state index in [9.17, 15) is 21.6 Å². The Bertz CT molecular complexity index is 1410. The number of sulfonamides is 2. The molecule has 0 spiro atoms. The molecular formula is C26H29N3O5S2. The van der Waals surface area contributed by atoms with E-state index in [-0.39, 0.29) is 16.6 Å². The first-order chi connectivity index (χ1) is 17.1. The van der Waals surface area contributed by atoms with Crippen LogP contribution in [0.2, 0.25) is 0 Å². The second-order valence-corrected chi connectivity index (χ2v) is 12.5. The van der Waals surface area contributed by atoms with Crippen LogP contribution in [0.4, 0.5) is 11.4 Å². The minimum atomic E-state index is -3.77. The van der Waals surface area contributed by atoms with Crippen molar-refractivity contribution in [2.24, 2.45) is 0 Å². The van der Waals surface area contributed by atoms with Crippen molar-refractivity contribution in [1.82, 2.24) is 4.31 Å². The Balaban J connectivity index is 1.37. The first-order valence-electron chi connectivity index (χ1n) is 11.7. The predicted molar refractivity (Wildman–Crippen MR) is 141 cm³/mol. The van der Waals surface area contributed by atoms with Gasteiger partial charge in [0.15, 0.2) is 0 Å². The number of amides is 1. The summed E-state index contributed by atoms with van der Waals surface area (Å²) in [6.07, 6.45) is 2.82. The smallest absolute Gasteiger partial charge is 0.261 e. The summed E-state index contributed by atoms with van der Waals surface area (Å²) in [5, 5.41) is 2.73. The molecule has 3 aromatic rings. The van der Waals surface area contributed by atoms with Gasteiger partial charge < -0.3 is 5.32 Å². The molecule has 0 aromatic heterocycles. The van der Waals surface area contributed by atoms with Gasteiger partial charge in [-0.3, -0.25) is 9.52 Å². The lowest BCUT2D eigenvalue weighted by molar-refractivity contribution is 0.102. The van der Waals surface area contributed by atoms with Crippen LogP contribution < -0.4 is 10.0 Å². The monoisotopic (exact) mass is 527 g/mol. The SMILES string of the molecule is Cc1ccc(NS(=O)(=O)c2ccc(NC(=O)c3ccc(CS(=O)(=O)N4CCCCC4)cc3)cc2)cc1. The van der Waals surface area contributed by atoms with Gasteiger partial charge in [-0.1, -0.05) is 36.2 Å². The number of hydrogen-bond donors (Lipinski definition) is 2. The Hall–Kier alpha value is -3.21. The fourth-order valence-corrected chi connectivity index (χ4v) is 6.62. The van der Waals surface area contributed by atoms with E-state index in [0.29, 0.717) is 35.6 Å². The molecule has 4 rings (SSSR count). The minimum absolute atomic E-state index is 0.0698. The zero-order valence-corrected chi connectivity index (χ0v) is 21.6. The van der Waals surface area contributed by atoms with Gasteiger partial charge in [0.2, 0.25) is 10.0 Å². The molecule has 10 heteroatoms. The maximum Gasteiger partial charge on any atom is 0.261 e. The topological polar surface area (TPSA) is 113 Å². The number of carbonyl (C=O) groups excluding carboxylic acids is 1. The second kappa shape index (κ2) is 10.8. The van der Waals surface area contributed by atoms with Crippen molar-refractivity contribution in [3.8, 4) is 0 Å². The van der Waals surface area contributed by atoms with Crippen LogP contribution in [0.15, 0.2) is 77.7 Å². The Morgan fingerprint density at radius 3 is 1.97 bits per heavy atom. The number of anilines is 2. The largest absolute Gasteiger partial charge is 0.322 e. The molecule has 0 unspecified atom stereocenters. The van der Waals surface area contributed by atoms with Crippen molar-refractivity contribution in [3.05, 3.63) is 89.5 Å². The fourth-order valence-electron chi connectivity index (χ4n) is 3.95. The lowest BCUT2D eigenvalue weighted by Crippen LogP contribution is -2.36. The van der Waals surface area contributed by atoms with Crippen LogP contribution in [0.25, 0.3) is 0 Å². The van der Waals surface area contributed by atoms with Crippen LogP contribution in [-0.4, -0.2) is 40.1 Å². The summed E-state index contributed by atoms with van der Waals surface area (Å²) in [6, 6.07) is 19.3. The van der Waals surface area contributed by atoms with E-state index >= 15 is 0 Å². The maximum absolute atomic E-state index is 12.6. The molecule has 8 nitrogen and oxygen atoms in total. The zero-order valence-electron chi connectivity index (χ0n) is 20.0. The Morgan fingerprint density at radius 1 is 0.778 bits per heavy atom. The summed E-state index contributed by atoms with van der Waals surface area (Å²) in [4.78, 5) is 12.7. The van der Waals surface area contributed by atoms with Gasteiger partial charge in [-0.2, -0.15) is 0 Å². The van der Waals surface area contributed by atoms with Crippen LogP contribution in [0, 0.1) is 6.92 Å². The number of nitrogens with zero attached hydrogens (tertiary/aromatic N) is 1. The van der Waals surface area contributed by atoms with Crippen molar-refractivity contribution in [2.75, 3.05) is 23.1 Å². The molecule has 190 valence electrons. The van der Waals surface area contributed by atoms with E-state index in [1.807, 2.05) is 19.1 Å². The summed E-state index contributed by atoms with van der Waals surface area (Å²) in [7, 11) is -7.14. The van der Waals surface area contributed by atoms with Crippen molar-refractivity contribution in [3.63, 3.8) is 0 Å². The van der Waals surface area contributed by atoms with Gasteiger partial charge in [0.25, 0.3) is 15.9 Å². The standard InChI is InChI=1S/C26H29N3O5S2/c1-20-5-11-24(12-6-20)28-36(33,34)25-15-13-23(14-16-25)27-26(30)22-9-7-21(8-10-22)19-35(31,32)29-17-3-2-4-18-29/h5-16,28H,2-4,17-19H2,1H3,(H,27,30). The Morgan fingerprint density at radius 2 is 1.36 bits per heavy atom. The Labute approximate surface area is 212 Å². The molecule has 36 heavy (non-hydrogen) atoms. The van der Waals surface area contributed by atoms with E-state index in [4.69, 9.17) is 0 Å². The van der Waals surface area contributed by atoms with Gasteiger partial charge in [-0.05, 0) is 73.9 Å². The number of hydrogen-bond acceptors (Lipinski definition) is 5. The average Bonchev–Trinajstić information content (AvgIpc) is 2.86. The molecular weight excluding hydrogens is 498 g/mol. The number of nitrogens with one attached hydrogen (secondary N) is 2. The number of benzene rings is 3. The summed E-state index contributed by atoms with van der Waals surface area (Å²) < 4.78 is 54.6. The van der Waals surface area contributed by atoms with E-state index in [2.05, 4.69) is 10.0 Å². The highest BCUT2D eigenvalue weighted by molar-refractivity contribution is 7.92. The maximum atomic E-state index is 12.6. The summed E-state index contributed by atoms with van der Waals surface area (Å²) in [6.45, 7) is 3.04. The molecule has 2 N–H and O–H groups in total. The molecule has 1 aliphatic rings. The fraction of sp³-hybridized carbons (Fsp3) is 0.269. The Kier molecular flexibility index (Phi) is 7.77. The number of piperidine rings is 1. The van der Waals surface area contributed by atoms with Crippen molar-refractivity contribution in [1.29, 1.82) is 0 Å². The third-order valence-electron chi connectivity index (χ3n) is 6.00. The van der Waals surface area contributed by atoms with Gasteiger partial charge in [0.05, 0.1) is 10.6 Å². The molecule has 0 atom stereocenters. The lowest BCUT2D eigenvalue weighted by Gasteiger charge is -2.25. The van der Waals surface area contributed by atoms with Gasteiger partial charge in [0.1, 0.15) is 0 Å². The second-order valence-electron chi connectivity index (χ2n) is 8.86. The van der Waals surface area contributed by atoms with Gasteiger partial charge in [-0.25, -0.2) is 21.1 Å². The number of aryl methyl sites for hydroxylation is 1. The molecule has 0 bridgehead atoms. The first-order valence-corrected chi connectivity index (χ1v) is 14.8. The van der Waals surface area contributed by atoms with Crippen LogP contribution >= 0.6 is 0 Å². The molecule has 1 amide bonds. The molecule has 0 radical (unpaired) electrons. The number of rotatable bonds is 8. The van der Waals surface area contributed by atoms with E-state index in [1.165, 1.54) is 28.6 Å². The quantitative estimate of drug-likeness (QED) is 0.452. The van der Waals surface area contributed by atoms with Crippen molar-refractivity contribution in [2.45, 2.75) is 36.8 Å². The highest BCUT2D eigenvalue weighted by Crippen LogP contribution is 2.20. The highest BCUT2D eigenvalue weighted by atomic mass is 32.2. The summed E-state index contributed by atoms with van der Waals surface area (Å²) >= 11 is 0. The molecule has 1 saturated heterocycles. The third-order valence-corrected chi connectivity index (χ3v) is 9.25. The molecule has 0 aliphatic carbocycles. The average molecular weight is 528 g/mol. The lowest BCUT2D eigenvalue weighted by atomic mass is 10.1. The molecule has 1 heterocycles. The third kappa shape index (κ3) is 6.51. The van der Waals surface area contributed by atoms with Gasteiger partial charge in [0, 0.05) is 30.0 Å². The first kappa shape index (κ1) is 25.9. The van der Waals surface area contributed by atoms with Crippen molar-refractivity contribution < 1.29 is 21.6 Å². The summed E-state index contributed by atoms with van der Waals surface area (Å²) in [5.74, 6) is -0.476. The van der Waals surface area contributed by atoms with Gasteiger partial charge >= 0.3 is 0 Å². The zero-order chi connectivity index (χ0) is 25.8. The van der Waals surface area contributed by atoms with Crippen LogP contribution in [0.3, 0.4) is 0 Å². The van der Waals surface area contributed by atoms with Crippen molar-refractivity contribution >= 4 is 37.3 Å². The van der Waals surface area contributed by atoms with E-state index in [0.717, 1.165) is 24.8 Å². The number of carbonyl (C=O) groups is 1. The van der Waals surface area contributed by atoms with Crippen LogP contribution in [0.5, 0.6) is 0 Å². The predicted octanol–water partition coefficient (Wildman–Crippen LogP) is 4.36. The molecule has 0 saturated carbocycles.